The van der Waals surface area contributed by atoms with E-state index >= 15 is 0 Å². The molecule has 1 aromatic carbocycles. The fourth-order valence-electron chi connectivity index (χ4n) is 4.16. The van der Waals surface area contributed by atoms with E-state index in [2.05, 4.69) is 21.0 Å². The van der Waals surface area contributed by atoms with E-state index < -0.39 is 0 Å². The number of pyridine rings is 3. The monoisotopic (exact) mass is 439 g/mol. The lowest BCUT2D eigenvalue weighted by Gasteiger charge is -2.13. The zero-order valence-electron chi connectivity index (χ0n) is 19.3. The number of rotatable bonds is 4. The van der Waals surface area contributed by atoms with Gasteiger partial charge in [0.1, 0.15) is 5.75 Å². The Bertz CT molecular complexity index is 1580. The number of ether oxygens (including phenoxy) is 1. The molecule has 5 aromatic rings. The van der Waals surface area contributed by atoms with Crippen LogP contribution in [-0.2, 0) is 7.05 Å². The largest absolute Gasteiger partial charge is 0.489 e. The molecule has 166 valence electrons. The SMILES string of the molecule is Cc1ncc(-c2ccc3ncc4c(c3c2)n(-c2cccnc2C)c(=O)n4C)cc1OC(C)C. The molecule has 0 saturated carbocycles. The third-order valence-electron chi connectivity index (χ3n) is 5.84. The van der Waals surface area contributed by atoms with Crippen LogP contribution in [0.15, 0.2) is 59.8 Å². The molecule has 0 N–H and O–H groups in total. The van der Waals surface area contributed by atoms with Crippen LogP contribution in [0.5, 0.6) is 5.75 Å². The second-order valence-corrected chi connectivity index (χ2v) is 8.48. The maximum absolute atomic E-state index is 13.3. The number of aryl methyl sites for hydroxylation is 3. The van der Waals surface area contributed by atoms with Crippen LogP contribution in [0.4, 0.5) is 0 Å². The molecular formula is C26H25N5O2. The Labute approximate surface area is 191 Å². The minimum Gasteiger partial charge on any atom is -0.489 e. The third-order valence-corrected chi connectivity index (χ3v) is 5.84. The molecule has 0 saturated heterocycles. The Hall–Kier alpha value is -4.00. The summed E-state index contributed by atoms with van der Waals surface area (Å²) in [6.07, 6.45) is 5.39. The first-order valence-electron chi connectivity index (χ1n) is 10.9. The molecule has 0 atom stereocenters. The van der Waals surface area contributed by atoms with E-state index in [9.17, 15) is 4.79 Å². The summed E-state index contributed by atoms with van der Waals surface area (Å²) in [5.41, 5.74) is 6.56. The van der Waals surface area contributed by atoms with E-state index in [0.717, 1.165) is 55.9 Å². The Morgan fingerprint density at radius 1 is 0.939 bits per heavy atom. The van der Waals surface area contributed by atoms with Gasteiger partial charge in [0.25, 0.3) is 0 Å². The maximum Gasteiger partial charge on any atom is 0.333 e. The molecule has 0 fully saturated rings. The maximum atomic E-state index is 13.3. The van der Waals surface area contributed by atoms with Gasteiger partial charge in [-0.3, -0.25) is 24.1 Å². The molecule has 33 heavy (non-hydrogen) atoms. The van der Waals surface area contributed by atoms with Gasteiger partial charge in [0.2, 0.25) is 0 Å². The average molecular weight is 440 g/mol. The molecule has 0 unspecified atom stereocenters. The zero-order chi connectivity index (χ0) is 23.3. The van der Waals surface area contributed by atoms with Crippen molar-refractivity contribution in [1.82, 2.24) is 24.1 Å². The molecule has 7 nitrogen and oxygen atoms in total. The highest BCUT2D eigenvalue weighted by molar-refractivity contribution is 6.04. The highest BCUT2D eigenvalue weighted by Gasteiger charge is 2.18. The van der Waals surface area contributed by atoms with Crippen molar-refractivity contribution in [2.75, 3.05) is 0 Å². The van der Waals surface area contributed by atoms with E-state index in [1.807, 2.05) is 64.2 Å². The van der Waals surface area contributed by atoms with Crippen molar-refractivity contribution in [3.05, 3.63) is 76.9 Å². The molecular weight excluding hydrogens is 414 g/mol. The molecule has 0 bridgehead atoms. The van der Waals surface area contributed by atoms with E-state index in [1.165, 1.54) is 0 Å². The summed E-state index contributed by atoms with van der Waals surface area (Å²) in [6, 6.07) is 11.8. The number of nitrogens with zero attached hydrogens (tertiary/aromatic N) is 5. The van der Waals surface area contributed by atoms with Crippen LogP contribution < -0.4 is 10.4 Å². The van der Waals surface area contributed by atoms with Crippen molar-refractivity contribution in [3.63, 3.8) is 0 Å². The Kier molecular flexibility index (Phi) is 4.96. The quantitative estimate of drug-likeness (QED) is 0.404. The third kappa shape index (κ3) is 3.46. The van der Waals surface area contributed by atoms with Gasteiger partial charge in [0.05, 0.1) is 45.9 Å². The smallest absolute Gasteiger partial charge is 0.333 e. The predicted molar refractivity (Wildman–Crippen MR) is 130 cm³/mol. The fraction of sp³-hybridized carbons (Fsp3) is 0.231. The minimum absolute atomic E-state index is 0.0580. The van der Waals surface area contributed by atoms with E-state index in [1.54, 1.807) is 28.6 Å². The standard InChI is InChI=1S/C26H25N5O2/c1-15(2)33-24-12-19(13-28-17(24)4)18-8-9-21-20(11-18)25-23(14-29-21)30(5)26(32)31(25)22-7-6-10-27-16(22)3/h6-15H,1-5H3. The normalized spacial score (nSPS) is 11.6. The van der Waals surface area contributed by atoms with Gasteiger partial charge in [0, 0.05) is 30.4 Å². The lowest BCUT2D eigenvalue weighted by atomic mass is 10.0. The zero-order valence-corrected chi connectivity index (χ0v) is 19.3. The predicted octanol–water partition coefficient (Wildman–Crippen LogP) is 4.74. The van der Waals surface area contributed by atoms with Crippen molar-refractivity contribution in [1.29, 1.82) is 0 Å². The number of imidazole rings is 1. The van der Waals surface area contributed by atoms with Crippen LogP contribution in [0.3, 0.4) is 0 Å². The molecule has 5 rings (SSSR count). The Morgan fingerprint density at radius 2 is 1.76 bits per heavy atom. The minimum atomic E-state index is -0.134. The highest BCUT2D eigenvalue weighted by Crippen LogP contribution is 2.32. The van der Waals surface area contributed by atoms with Crippen molar-refractivity contribution in [2.24, 2.45) is 7.05 Å². The fourth-order valence-corrected chi connectivity index (χ4v) is 4.16. The van der Waals surface area contributed by atoms with E-state index in [4.69, 9.17) is 4.74 Å². The lowest BCUT2D eigenvalue weighted by molar-refractivity contribution is 0.240. The molecule has 0 aliphatic carbocycles. The number of benzene rings is 1. The molecule has 0 spiro atoms. The topological polar surface area (TPSA) is 74.8 Å². The summed E-state index contributed by atoms with van der Waals surface area (Å²) in [6.45, 7) is 7.84. The first-order chi connectivity index (χ1) is 15.8. The second kappa shape index (κ2) is 7.85. The van der Waals surface area contributed by atoms with Gasteiger partial charge >= 0.3 is 5.69 Å². The van der Waals surface area contributed by atoms with Crippen molar-refractivity contribution in [2.45, 2.75) is 33.8 Å². The summed E-state index contributed by atoms with van der Waals surface area (Å²) in [4.78, 5) is 26.8. The second-order valence-electron chi connectivity index (χ2n) is 8.48. The van der Waals surface area contributed by atoms with Crippen LogP contribution >= 0.6 is 0 Å². The summed E-state index contributed by atoms with van der Waals surface area (Å²) < 4.78 is 9.30. The highest BCUT2D eigenvalue weighted by atomic mass is 16.5. The van der Waals surface area contributed by atoms with Crippen LogP contribution in [-0.4, -0.2) is 30.2 Å². The van der Waals surface area contributed by atoms with Crippen LogP contribution in [0.1, 0.15) is 25.2 Å². The number of hydrogen-bond donors (Lipinski definition) is 0. The van der Waals surface area contributed by atoms with E-state index in [0.29, 0.717) is 0 Å². The van der Waals surface area contributed by atoms with Crippen molar-refractivity contribution >= 4 is 21.9 Å². The van der Waals surface area contributed by atoms with Crippen LogP contribution in [0.2, 0.25) is 0 Å². The molecule has 0 radical (unpaired) electrons. The molecule has 0 amide bonds. The lowest BCUT2D eigenvalue weighted by Crippen LogP contribution is -2.21. The Morgan fingerprint density at radius 3 is 2.52 bits per heavy atom. The summed E-state index contributed by atoms with van der Waals surface area (Å²) in [5.74, 6) is 0.765. The van der Waals surface area contributed by atoms with Crippen LogP contribution in [0, 0.1) is 13.8 Å². The number of hydrogen-bond acceptors (Lipinski definition) is 5. The first-order valence-corrected chi connectivity index (χ1v) is 10.9. The average Bonchev–Trinajstić information content (AvgIpc) is 3.05. The van der Waals surface area contributed by atoms with Crippen LogP contribution in [0.25, 0.3) is 38.8 Å². The van der Waals surface area contributed by atoms with Gasteiger partial charge < -0.3 is 4.74 Å². The molecule has 0 aliphatic rings. The summed E-state index contributed by atoms with van der Waals surface area (Å²) in [7, 11) is 1.77. The number of aromatic nitrogens is 5. The van der Waals surface area contributed by atoms with Crippen molar-refractivity contribution in [3.8, 4) is 22.6 Å². The van der Waals surface area contributed by atoms with Gasteiger partial charge in [-0.15, -0.1) is 0 Å². The Balaban J connectivity index is 1.80. The van der Waals surface area contributed by atoms with E-state index in [-0.39, 0.29) is 11.8 Å². The molecule has 4 heterocycles. The van der Waals surface area contributed by atoms with Gasteiger partial charge in [0.15, 0.2) is 0 Å². The van der Waals surface area contributed by atoms with Gasteiger partial charge in [-0.25, -0.2) is 4.79 Å². The van der Waals surface area contributed by atoms with Gasteiger partial charge in [-0.2, -0.15) is 0 Å². The molecule has 7 heteroatoms. The number of fused-ring (bicyclic) bond motifs is 3. The molecule has 0 aliphatic heterocycles. The summed E-state index contributed by atoms with van der Waals surface area (Å²) in [5, 5.41) is 0.887. The first kappa shape index (κ1) is 20.9. The molecule has 4 aromatic heterocycles. The van der Waals surface area contributed by atoms with Gasteiger partial charge in [-0.1, -0.05) is 6.07 Å². The summed E-state index contributed by atoms with van der Waals surface area (Å²) >= 11 is 0. The van der Waals surface area contributed by atoms with Crippen molar-refractivity contribution < 1.29 is 4.74 Å². The van der Waals surface area contributed by atoms with Gasteiger partial charge in [-0.05, 0) is 63.6 Å².